The van der Waals surface area contributed by atoms with E-state index < -0.39 is 5.54 Å². The van der Waals surface area contributed by atoms with Gasteiger partial charge in [0, 0.05) is 7.05 Å². The number of nitrogens with one attached hydrogen (secondary N) is 2. The maximum absolute atomic E-state index is 9.79. The first-order valence-electron chi connectivity index (χ1n) is 7.94. The Hall–Kier alpha value is -2.76. The van der Waals surface area contributed by atoms with Gasteiger partial charge in [-0.05, 0) is 31.1 Å². The van der Waals surface area contributed by atoms with Gasteiger partial charge in [0.1, 0.15) is 18.2 Å². The molecule has 1 aliphatic rings. The van der Waals surface area contributed by atoms with Crippen LogP contribution in [0.3, 0.4) is 0 Å². The largest absolute Gasteiger partial charge is 0.357 e. The van der Waals surface area contributed by atoms with Crippen molar-refractivity contribution in [2.24, 2.45) is 5.41 Å². The van der Waals surface area contributed by atoms with Crippen LogP contribution in [-0.4, -0.2) is 42.3 Å². The van der Waals surface area contributed by atoms with E-state index in [1.807, 2.05) is 0 Å². The number of rotatable bonds is 4. The Morgan fingerprint density at radius 1 is 1.21 bits per heavy atom. The van der Waals surface area contributed by atoms with Gasteiger partial charge in [-0.25, -0.2) is 4.98 Å². The number of nitrogens with zero attached hydrogens (tertiary/aromatic N) is 7. The third-order valence-corrected chi connectivity index (χ3v) is 4.27. The molecule has 0 aromatic carbocycles. The average molecular weight is 327 g/mol. The van der Waals surface area contributed by atoms with Crippen LogP contribution in [0.4, 0.5) is 11.9 Å². The first kappa shape index (κ1) is 16.1. The Bertz CT molecular complexity index is 747. The van der Waals surface area contributed by atoms with Gasteiger partial charge in [0.2, 0.25) is 11.9 Å². The summed E-state index contributed by atoms with van der Waals surface area (Å²) in [5.41, 5.74) is -0.567. The SMILES string of the molecule is CNc1nc(NC2(C#N)CCCC(C)(C)C2)nc(-n2cncn2)n1. The summed E-state index contributed by atoms with van der Waals surface area (Å²) >= 11 is 0. The van der Waals surface area contributed by atoms with E-state index in [9.17, 15) is 5.26 Å². The summed E-state index contributed by atoms with van der Waals surface area (Å²) in [4.78, 5) is 16.9. The smallest absolute Gasteiger partial charge is 0.258 e. The molecule has 2 N–H and O–H groups in total. The highest BCUT2D eigenvalue weighted by atomic mass is 15.4. The molecule has 0 spiro atoms. The molecule has 1 atom stereocenters. The van der Waals surface area contributed by atoms with E-state index in [4.69, 9.17) is 0 Å². The fraction of sp³-hybridized carbons (Fsp3) is 0.600. The van der Waals surface area contributed by atoms with E-state index in [1.54, 1.807) is 7.05 Å². The third kappa shape index (κ3) is 3.27. The monoisotopic (exact) mass is 327 g/mol. The summed E-state index contributed by atoms with van der Waals surface area (Å²) < 4.78 is 1.46. The van der Waals surface area contributed by atoms with Crippen LogP contribution in [0.2, 0.25) is 0 Å². The van der Waals surface area contributed by atoms with Crippen LogP contribution < -0.4 is 10.6 Å². The van der Waals surface area contributed by atoms with Gasteiger partial charge in [-0.1, -0.05) is 13.8 Å². The lowest BCUT2D eigenvalue weighted by atomic mass is 9.68. The minimum Gasteiger partial charge on any atom is -0.357 e. The van der Waals surface area contributed by atoms with E-state index in [0.29, 0.717) is 17.8 Å². The van der Waals surface area contributed by atoms with E-state index >= 15 is 0 Å². The second-order valence-corrected chi connectivity index (χ2v) is 6.89. The predicted molar refractivity (Wildman–Crippen MR) is 88.5 cm³/mol. The van der Waals surface area contributed by atoms with Crippen molar-refractivity contribution in [1.82, 2.24) is 29.7 Å². The molecule has 0 aliphatic heterocycles. The summed E-state index contributed by atoms with van der Waals surface area (Å²) in [6.45, 7) is 4.38. The van der Waals surface area contributed by atoms with E-state index in [1.165, 1.54) is 17.3 Å². The van der Waals surface area contributed by atoms with Gasteiger partial charge in [-0.3, -0.25) is 0 Å². The van der Waals surface area contributed by atoms with Crippen LogP contribution in [-0.2, 0) is 0 Å². The van der Waals surface area contributed by atoms with Crippen molar-refractivity contribution in [2.75, 3.05) is 17.7 Å². The van der Waals surface area contributed by atoms with Gasteiger partial charge in [-0.2, -0.15) is 30.0 Å². The molecule has 0 radical (unpaired) electrons. The average Bonchev–Trinajstić information content (AvgIpc) is 3.08. The zero-order valence-corrected chi connectivity index (χ0v) is 14.1. The topological polar surface area (TPSA) is 117 Å². The lowest BCUT2D eigenvalue weighted by molar-refractivity contribution is 0.197. The molecule has 9 nitrogen and oxygen atoms in total. The van der Waals surface area contributed by atoms with Crippen molar-refractivity contribution in [1.29, 1.82) is 5.26 Å². The Balaban J connectivity index is 1.94. The standard InChI is InChI=1S/C15H21N9/c1-14(2)5-4-6-15(7-14,8-16)23-12-20-11(17-3)21-13(22-12)24-10-18-9-19-24/h9-10H,4-7H2,1-3H3,(H2,17,20,21,22,23). The Morgan fingerprint density at radius 3 is 2.62 bits per heavy atom. The highest BCUT2D eigenvalue weighted by molar-refractivity contribution is 5.42. The number of hydrogen-bond acceptors (Lipinski definition) is 8. The Morgan fingerprint density at radius 2 is 2.00 bits per heavy atom. The summed E-state index contributed by atoms with van der Waals surface area (Å²) in [6, 6.07) is 2.45. The van der Waals surface area contributed by atoms with E-state index in [2.05, 4.69) is 55.6 Å². The van der Waals surface area contributed by atoms with Crippen molar-refractivity contribution in [3.63, 3.8) is 0 Å². The lowest BCUT2D eigenvalue weighted by Gasteiger charge is -2.41. The van der Waals surface area contributed by atoms with Crippen LogP contribution in [0.5, 0.6) is 0 Å². The minimum atomic E-state index is -0.673. The van der Waals surface area contributed by atoms with Gasteiger partial charge in [0.25, 0.3) is 5.95 Å². The first-order valence-corrected chi connectivity index (χ1v) is 7.94. The summed E-state index contributed by atoms with van der Waals surface area (Å²) in [6.07, 6.45) is 6.55. The summed E-state index contributed by atoms with van der Waals surface area (Å²) in [5.74, 6) is 1.11. The van der Waals surface area contributed by atoms with Gasteiger partial charge in [0.05, 0.1) is 6.07 Å². The Kier molecular flexibility index (Phi) is 4.05. The fourth-order valence-electron chi connectivity index (χ4n) is 3.25. The molecule has 0 amide bonds. The van der Waals surface area contributed by atoms with Crippen molar-refractivity contribution in [3.05, 3.63) is 12.7 Å². The van der Waals surface area contributed by atoms with Crippen molar-refractivity contribution >= 4 is 11.9 Å². The first-order chi connectivity index (χ1) is 11.5. The second-order valence-electron chi connectivity index (χ2n) is 6.89. The van der Waals surface area contributed by atoms with Crippen molar-refractivity contribution in [3.8, 4) is 12.0 Å². The van der Waals surface area contributed by atoms with Crippen molar-refractivity contribution in [2.45, 2.75) is 45.1 Å². The van der Waals surface area contributed by atoms with Crippen LogP contribution in [0.1, 0.15) is 39.5 Å². The number of aromatic nitrogens is 6. The maximum Gasteiger partial charge on any atom is 0.258 e. The second kappa shape index (κ2) is 6.03. The summed E-state index contributed by atoms with van der Waals surface area (Å²) in [7, 11) is 1.73. The molecule has 3 rings (SSSR count). The number of hydrogen-bond donors (Lipinski definition) is 2. The lowest BCUT2D eigenvalue weighted by Crippen LogP contribution is -2.44. The van der Waals surface area contributed by atoms with Crippen LogP contribution in [0, 0.1) is 16.7 Å². The molecule has 0 saturated heterocycles. The third-order valence-electron chi connectivity index (χ3n) is 4.27. The van der Waals surface area contributed by atoms with Gasteiger partial charge >= 0.3 is 0 Å². The highest BCUT2D eigenvalue weighted by Gasteiger charge is 2.41. The van der Waals surface area contributed by atoms with E-state index in [0.717, 1.165) is 25.7 Å². The molecule has 9 heteroatoms. The summed E-state index contributed by atoms with van der Waals surface area (Å²) in [5, 5.41) is 20.0. The quantitative estimate of drug-likeness (QED) is 0.872. The zero-order chi connectivity index (χ0) is 17.2. The minimum absolute atomic E-state index is 0.106. The molecule has 1 aliphatic carbocycles. The molecular weight excluding hydrogens is 306 g/mol. The molecule has 126 valence electrons. The molecular formula is C15H21N9. The fourth-order valence-corrected chi connectivity index (χ4v) is 3.25. The van der Waals surface area contributed by atoms with Gasteiger partial charge in [0.15, 0.2) is 0 Å². The van der Waals surface area contributed by atoms with Crippen LogP contribution >= 0.6 is 0 Å². The van der Waals surface area contributed by atoms with Gasteiger partial charge in [-0.15, -0.1) is 0 Å². The molecule has 2 heterocycles. The van der Waals surface area contributed by atoms with Gasteiger partial charge < -0.3 is 10.6 Å². The molecule has 1 fully saturated rings. The molecule has 0 bridgehead atoms. The highest BCUT2D eigenvalue weighted by Crippen LogP contribution is 2.42. The molecule has 2 aromatic heterocycles. The molecule has 1 saturated carbocycles. The van der Waals surface area contributed by atoms with E-state index in [-0.39, 0.29) is 5.41 Å². The van der Waals surface area contributed by atoms with Crippen molar-refractivity contribution < 1.29 is 0 Å². The molecule has 2 aromatic rings. The molecule has 1 unspecified atom stereocenters. The van der Waals surface area contributed by atoms with Crippen LogP contribution in [0.15, 0.2) is 12.7 Å². The number of nitriles is 1. The Labute approximate surface area is 140 Å². The maximum atomic E-state index is 9.79. The normalized spacial score (nSPS) is 22.6. The molecule has 24 heavy (non-hydrogen) atoms. The number of anilines is 2. The zero-order valence-electron chi connectivity index (χ0n) is 14.1. The van der Waals surface area contributed by atoms with Crippen LogP contribution in [0.25, 0.3) is 5.95 Å². The predicted octanol–water partition coefficient (Wildman–Crippen LogP) is 1.77.